The molecule has 0 unspecified atom stereocenters. The van der Waals surface area contributed by atoms with Gasteiger partial charge < -0.3 is 28.8 Å². The van der Waals surface area contributed by atoms with Gasteiger partial charge in [0.1, 0.15) is 18.3 Å². The molecule has 9 nitrogen and oxygen atoms in total. The number of esters is 3. The van der Waals surface area contributed by atoms with E-state index in [1.165, 1.54) is 29.9 Å². The first-order valence-corrected chi connectivity index (χ1v) is 12.4. The first kappa shape index (κ1) is 24.8. The van der Waals surface area contributed by atoms with Crippen LogP contribution in [0.2, 0.25) is 0 Å². The number of ether oxygens (including phenoxy) is 5. The van der Waals surface area contributed by atoms with Crippen LogP contribution in [0.3, 0.4) is 0 Å². The van der Waals surface area contributed by atoms with E-state index in [9.17, 15) is 19.5 Å². The van der Waals surface area contributed by atoms with Gasteiger partial charge in [-0.2, -0.15) is 0 Å². The Kier molecular flexibility index (Phi) is 6.11. The number of aliphatic hydroxyl groups is 1. The van der Waals surface area contributed by atoms with Crippen LogP contribution >= 0.6 is 0 Å². The highest BCUT2D eigenvalue weighted by atomic mass is 16.6. The predicted octanol–water partition coefficient (Wildman–Crippen LogP) is 3.01. The van der Waals surface area contributed by atoms with Crippen molar-refractivity contribution in [2.45, 2.75) is 70.4 Å². The molecule has 0 radical (unpaired) electrons. The molecule has 0 aromatic heterocycles. The maximum atomic E-state index is 12.9. The number of carbonyl (C=O) groups excluding carboxylic acids is 3. The molecular formula is C27H32O9. The third-order valence-corrected chi connectivity index (χ3v) is 8.83. The van der Waals surface area contributed by atoms with E-state index in [0.717, 1.165) is 6.42 Å². The van der Waals surface area contributed by atoms with Crippen molar-refractivity contribution >= 4 is 17.9 Å². The molecule has 3 heterocycles. The van der Waals surface area contributed by atoms with Gasteiger partial charge in [0.05, 0.1) is 30.8 Å². The van der Waals surface area contributed by atoms with Gasteiger partial charge in [-0.1, -0.05) is 30.7 Å². The highest BCUT2D eigenvalue weighted by Gasteiger charge is 2.83. The molecule has 2 spiro atoms. The molecule has 3 aliphatic heterocycles. The summed E-state index contributed by atoms with van der Waals surface area (Å²) in [6.45, 7) is 6.10. The molecule has 0 aromatic carbocycles. The van der Waals surface area contributed by atoms with Gasteiger partial charge in [0.15, 0.2) is 0 Å². The fraction of sp³-hybridized carbons (Fsp3) is 0.593. The summed E-state index contributed by atoms with van der Waals surface area (Å²) in [7, 11) is 0. The minimum Gasteiger partial charge on any atom is -0.502 e. The monoisotopic (exact) mass is 500 g/mol. The molecule has 2 bridgehead atoms. The average molecular weight is 501 g/mol. The maximum Gasteiger partial charge on any atom is 0.373 e. The first-order valence-electron chi connectivity index (χ1n) is 12.4. The van der Waals surface area contributed by atoms with E-state index in [4.69, 9.17) is 23.7 Å². The minimum absolute atomic E-state index is 0.0248. The number of aliphatic hydroxyl groups excluding tert-OH is 1. The topological polar surface area (TPSA) is 121 Å². The molecule has 6 atom stereocenters. The van der Waals surface area contributed by atoms with Gasteiger partial charge in [-0.3, -0.25) is 0 Å². The normalized spacial score (nSPS) is 44.8. The van der Waals surface area contributed by atoms with Crippen molar-refractivity contribution in [2.24, 2.45) is 10.8 Å². The van der Waals surface area contributed by atoms with Gasteiger partial charge in [-0.05, 0) is 32.3 Å². The summed E-state index contributed by atoms with van der Waals surface area (Å²) in [4.78, 5) is 37.5. The van der Waals surface area contributed by atoms with E-state index in [2.05, 4.69) is 13.0 Å². The van der Waals surface area contributed by atoms with E-state index in [-0.39, 0.29) is 31.8 Å². The molecule has 0 amide bonds. The van der Waals surface area contributed by atoms with Crippen LogP contribution in [0.4, 0.5) is 0 Å². The van der Waals surface area contributed by atoms with E-state index < -0.39 is 46.2 Å². The summed E-state index contributed by atoms with van der Waals surface area (Å²) < 4.78 is 29.4. The summed E-state index contributed by atoms with van der Waals surface area (Å²) >= 11 is 0. The summed E-state index contributed by atoms with van der Waals surface area (Å²) in [5.74, 6) is -2.52. The Morgan fingerprint density at radius 1 is 0.972 bits per heavy atom. The van der Waals surface area contributed by atoms with Crippen LogP contribution in [-0.4, -0.2) is 66.7 Å². The largest absolute Gasteiger partial charge is 0.502 e. The number of hydrogen-bond acceptors (Lipinski definition) is 9. The second-order valence-corrected chi connectivity index (χ2v) is 10.6. The number of allylic oxidation sites excluding steroid dienone is 3. The molecule has 0 aromatic rings. The molecular weight excluding hydrogens is 468 g/mol. The Bertz CT molecular complexity index is 1090. The molecule has 3 fully saturated rings. The van der Waals surface area contributed by atoms with Crippen LogP contribution in [0.25, 0.3) is 0 Å². The van der Waals surface area contributed by atoms with Crippen molar-refractivity contribution in [2.75, 3.05) is 19.8 Å². The number of carbonyl (C=O) groups is 3. The Balaban J connectivity index is 1.55. The van der Waals surface area contributed by atoms with E-state index >= 15 is 0 Å². The summed E-state index contributed by atoms with van der Waals surface area (Å²) in [6.07, 6.45) is 8.23. The number of rotatable bonds is 0. The first-order chi connectivity index (χ1) is 17.1. The molecule has 1 saturated carbocycles. The van der Waals surface area contributed by atoms with Crippen LogP contribution in [0.5, 0.6) is 0 Å². The van der Waals surface area contributed by atoms with Gasteiger partial charge >= 0.3 is 17.9 Å². The van der Waals surface area contributed by atoms with Crippen molar-refractivity contribution in [3.8, 4) is 0 Å². The molecule has 2 saturated heterocycles. The van der Waals surface area contributed by atoms with Crippen LogP contribution in [0.1, 0.15) is 46.5 Å². The Hall–Kier alpha value is -2.91. The lowest BCUT2D eigenvalue weighted by Gasteiger charge is -2.58. The zero-order chi connectivity index (χ0) is 25.7. The minimum atomic E-state index is -0.856. The van der Waals surface area contributed by atoms with E-state index in [1.807, 2.05) is 6.92 Å². The van der Waals surface area contributed by atoms with Crippen molar-refractivity contribution < 1.29 is 43.2 Å². The summed E-state index contributed by atoms with van der Waals surface area (Å²) in [5, 5.41) is 10.5. The molecule has 36 heavy (non-hydrogen) atoms. The van der Waals surface area contributed by atoms with Crippen LogP contribution in [0.15, 0.2) is 47.3 Å². The second kappa shape index (κ2) is 8.88. The van der Waals surface area contributed by atoms with Crippen molar-refractivity contribution in [1.82, 2.24) is 0 Å². The predicted molar refractivity (Wildman–Crippen MR) is 126 cm³/mol. The maximum absolute atomic E-state index is 12.9. The second-order valence-electron chi connectivity index (χ2n) is 10.6. The summed E-state index contributed by atoms with van der Waals surface area (Å²) in [6, 6.07) is 0. The van der Waals surface area contributed by atoms with E-state index in [1.54, 1.807) is 6.92 Å². The van der Waals surface area contributed by atoms with Gasteiger partial charge in [0, 0.05) is 30.4 Å². The Morgan fingerprint density at radius 3 is 2.42 bits per heavy atom. The highest BCUT2D eigenvalue weighted by Crippen LogP contribution is 2.72. The summed E-state index contributed by atoms with van der Waals surface area (Å²) in [5.41, 5.74) is -0.527. The SMILES string of the molecule is CC1=C[C@H]2O[C@@H]3C[C@H]4OC(=O)/C=C\C=C/C(=O)OCC/C(C)=C(/O)C(=O)OC[C@@]2(CC1)[C@]4(C)[C@@]31CO1. The Morgan fingerprint density at radius 2 is 1.69 bits per heavy atom. The smallest absolute Gasteiger partial charge is 0.373 e. The van der Waals surface area contributed by atoms with E-state index in [0.29, 0.717) is 25.0 Å². The van der Waals surface area contributed by atoms with Crippen LogP contribution < -0.4 is 0 Å². The van der Waals surface area contributed by atoms with Gasteiger partial charge in [-0.15, -0.1) is 0 Å². The molecule has 9 heteroatoms. The Labute approximate surface area is 209 Å². The molecule has 1 N–H and O–H groups in total. The zero-order valence-corrected chi connectivity index (χ0v) is 20.8. The average Bonchev–Trinajstić information content (AvgIpc) is 3.62. The highest BCUT2D eigenvalue weighted by molar-refractivity contribution is 5.87. The lowest BCUT2D eigenvalue weighted by Crippen LogP contribution is -2.66. The van der Waals surface area contributed by atoms with Crippen LogP contribution in [0, 0.1) is 10.8 Å². The number of epoxide rings is 1. The number of hydrogen-bond donors (Lipinski definition) is 1. The third-order valence-electron chi connectivity index (χ3n) is 8.83. The molecule has 5 rings (SSSR count). The lowest BCUT2D eigenvalue weighted by molar-refractivity contribution is -0.232. The standard InChI is InChI=1S/C27H32O9/c1-16-8-10-26-14-33-24(31)23(30)17(2)9-11-32-21(28)6-4-5-7-22(29)36-18-13-20(35-19(26)12-16)27(15-34-27)25(18,26)3/h4-7,12,18-20,30H,8-11,13-15H2,1-3H3/b6-4-,7-5-,23-17+/t18-,19-,20-,25-,26-,27-/m1/s1. The van der Waals surface area contributed by atoms with Gasteiger partial charge in [0.25, 0.3) is 0 Å². The zero-order valence-electron chi connectivity index (χ0n) is 20.8. The van der Waals surface area contributed by atoms with Crippen molar-refractivity contribution in [3.05, 3.63) is 47.3 Å². The van der Waals surface area contributed by atoms with Crippen molar-refractivity contribution in [1.29, 1.82) is 0 Å². The number of cyclic esters (lactones) is 2. The van der Waals surface area contributed by atoms with Gasteiger partial charge in [-0.25, -0.2) is 14.4 Å². The molecule has 194 valence electrons. The van der Waals surface area contributed by atoms with Crippen molar-refractivity contribution in [3.63, 3.8) is 0 Å². The quantitative estimate of drug-likeness (QED) is 0.232. The third kappa shape index (κ3) is 3.71. The fourth-order valence-corrected chi connectivity index (χ4v) is 6.49. The van der Waals surface area contributed by atoms with Gasteiger partial charge in [0.2, 0.25) is 5.76 Å². The fourth-order valence-electron chi connectivity index (χ4n) is 6.49. The lowest BCUT2D eigenvalue weighted by atomic mass is 9.51. The van der Waals surface area contributed by atoms with Crippen LogP contribution in [-0.2, 0) is 38.1 Å². The molecule has 5 aliphatic rings. The molecule has 2 aliphatic carbocycles.